The highest BCUT2D eigenvalue weighted by atomic mass is 16.6. The Kier molecular flexibility index (Phi) is 6.14. The number of nitrogens with one attached hydrogen (secondary N) is 2. The number of hydrogen-bond donors (Lipinski definition) is 2. The lowest BCUT2D eigenvalue weighted by Gasteiger charge is -2.13. The fourth-order valence-corrected chi connectivity index (χ4v) is 2.74. The largest absolute Gasteiger partial charge is 0.376 e. The van der Waals surface area contributed by atoms with Crippen LogP contribution in [0.5, 0.6) is 0 Å². The first-order valence-electron chi connectivity index (χ1n) is 8.00. The Morgan fingerprint density at radius 1 is 1.35 bits per heavy atom. The maximum Gasteiger partial charge on any atom is 0.274 e. The van der Waals surface area contributed by atoms with Crippen LogP contribution in [-0.4, -0.2) is 23.9 Å². The SMILES string of the molecule is Cc1c(NCC(=O)NCCC2=CCCCC2)cccc1[N+](=O)[O-]. The summed E-state index contributed by atoms with van der Waals surface area (Å²) in [4.78, 5) is 22.3. The minimum atomic E-state index is -0.418. The second-order valence-corrected chi connectivity index (χ2v) is 5.77. The van der Waals surface area contributed by atoms with Gasteiger partial charge in [-0.25, -0.2) is 0 Å². The Labute approximate surface area is 136 Å². The molecule has 0 heterocycles. The Balaban J connectivity index is 1.77. The molecular weight excluding hydrogens is 294 g/mol. The highest BCUT2D eigenvalue weighted by molar-refractivity contribution is 5.81. The van der Waals surface area contributed by atoms with E-state index in [2.05, 4.69) is 16.7 Å². The first-order chi connectivity index (χ1) is 11.1. The quantitative estimate of drug-likeness (QED) is 0.459. The molecule has 1 amide bonds. The van der Waals surface area contributed by atoms with E-state index in [1.54, 1.807) is 19.1 Å². The van der Waals surface area contributed by atoms with Gasteiger partial charge in [0, 0.05) is 23.9 Å². The molecule has 0 atom stereocenters. The first kappa shape index (κ1) is 17.0. The van der Waals surface area contributed by atoms with Gasteiger partial charge in [0.05, 0.1) is 11.5 Å². The smallest absolute Gasteiger partial charge is 0.274 e. The van der Waals surface area contributed by atoms with Crippen molar-refractivity contribution in [3.63, 3.8) is 0 Å². The van der Waals surface area contributed by atoms with Crippen molar-refractivity contribution in [3.8, 4) is 0 Å². The monoisotopic (exact) mass is 317 g/mol. The molecule has 1 aromatic rings. The molecule has 1 aliphatic rings. The zero-order valence-electron chi connectivity index (χ0n) is 13.4. The van der Waals surface area contributed by atoms with Gasteiger partial charge in [0.2, 0.25) is 5.91 Å². The number of carbonyl (C=O) groups excluding carboxylic acids is 1. The maximum absolute atomic E-state index is 11.9. The minimum Gasteiger partial charge on any atom is -0.376 e. The van der Waals surface area contributed by atoms with Crippen LogP contribution in [0.4, 0.5) is 11.4 Å². The third-order valence-corrected chi connectivity index (χ3v) is 4.09. The number of carbonyl (C=O) groups is 1. The summed E-state index contributed by atoms with van der Waals surface area (Å²) in [6, 6.07) is 4.81. The number of nitro benzene ring substituents is 1. The molecule has 2 rings (SSSR count). The lowest BCUT2D eigenvalue weighted by atomic mass is 9.97. The van der Waals surface area contributed by atoms with Crippen LogP contribution in [0.3, 0.4) is 0 Å². The van der Waals surface area contributed by atoms with Crippen LogP contribution in [0.25, 0.3) is 0 Å². The molecule has 124 valence electrons. The molecule has 0 fully saturated rings. The van der Waals surface area contributed by atoms with Gasteiger partial charge in [-0.15, -0.1) is 0 Å². The topological polar surface area (TPSA) is 84.3 Å². The summed E-state index contributed by atoms with van der Waals surface area (Å²) in [5.41, 5.74) is 2.64. The fraction of sp³-hybridized carbons (Fsp3) is 0.471. The Morgan fingerprint density at radius 2 is 2.17 bits per heavy atom. The average molecular weight is 317 g/mol. The van der Waals surface area contributed by atoms with Crippen molar-refractivity contribution in [3.05, 3.63) is 45.5 Å². The zero-order valence-corrected chi connectivity index (χ0v) is 13.4. The van der Waals surface area contributed by atoms with Gasteiger partial charge in [0.25, 0.3) is 5.69 Å². The van der Waals surface area contributed by atoms with Crippen LogP contribution >= 0.6 is 0 Å². The molecule has 0 aromatic heterocycles. The molecule has 0 radical (unpaired) electrons. The zero-order chi connectivity index (χ0) is 16.7. The number of hydrogen-bond acceptors (Lipinski definition) is 4. The molecule has 6 heteroatoms. The van der Waals surface area contributed by atoms with Crippen molar-refractivity contribution in [2.45, 2.75) is 39.0 Å². The van der Waals surface area contributed by atoms with E-state index in [0.29, 0.717) is 17.8 Å². The van der Waals surface area contributed by atoms with Crippen molar-refractivity contribution < 1.29 is 9.72 Å². The fourth-order valence-electron chi connectivity index (χ4n) is 2.74. The highest BCUT2D eigenvalue weighted by Gasteiger charge is 2.13. The summed E-state index contributed by atoms with van der Waals surface area (Å²) in [5.74, 6) is -0.104. The van der Waals surface area contributed by atoms with Crippen LogP contribution in [0.1, 0.15) is 37.7 Å². The standard InChI is InChI=1S/C17H23N3O3/c1-13-15(8-5-9-16(13)20(22)23)19-12-17(21)18-11-10-14-6-3-2-4-7-14/h5-6,8-9,19H,2-4,7,10-12H2,1H3,(H,18,21). The van der Waals surface area contributed by atoms with Crippen LogP contribution in [0.15, 0.2) is 29.8 Å². The van der Waals surface area contributed by atoms with Gasteiger partial charge in [-0.3, -0.25) is 14.9 Å². The van der Waals surface area contributed by atoms with E-state index >= 15 is 0 Å². The first-order valence-corrected chi connectivity index (χ1v) is 8.00. The van der Waals surface area contributed by atoms with E-state index in [0.717, 1.165) is 19.3 Å². The Morgan fingerprint density at radius 3 is 2.87 bits per heavy atom. The molecule has 23 heavy (non-hydrogen) atoms. The van der Waals surface area contributed by atoms with Crippen LogP contribution < -0.4 is 10.6 Å². The summed E-state index contributed by atoms with van der Waals surface area (Å²) in [5, 5.41) is 16.7. The second kappa shape index (κ2) is 8.31. The van der Waals surface area contributed by atoms with Gasteiger partial charge in [-0.2, -0.15) is 0 Å². The number of benzene rings is 1. The van der Waals surface area contributed by atoms with Crippen molar-refractivity contribution in [2.24, 2.45) is 0 Å². The van der Waals surface area contributed by atoms with E-state index in [9.17, 15) is 14.9 Å². The van der Waals surface area contributed by atoms with E-state index in [4.69, 9.17) is 0 Å². The van der Waals surface area contributed by atoms with Gasteiger partial charge in [-0.1, -0.05) is 17.7 Å². The Bertz CT molecular complexity index is 611. The number of nitrogens with zero attached hydrogens (tertiary/aromatic N) is 1. The van der Waals surface area contributed by atoms with Crippen molar-refractivity contribution in [1.29, 1.82) is 0 Å². The molecule has 1 aliphatic carbocycles. The lowest BCUT2D eigenvalue weighted by Crippen LogP contribution is -2.31. The van der Waals surface area contributed by atoms with Gasteiger partial charge >= 0.3 is 0 Å². The predicted octanol–water partition coefficient (Wildman–Crippen LogP) is 3.32. The van der Waals surface area contributed by atoms with E-state index in [1.165, 1.54) is 24.5 Å². The molecule has 0 spiro atoms. The molecule has 0 saturated heterocycles. The van der Waals surface area contributed by atoms with Crippen molar-refractivity contribution in [2.75, 3.05) is 18.4 Å². The van der Waals surface area contributed by atoms with Gasteiger partial charge < -0.3 is 10.6 Å². The molecule has 1 aromatic carbocycles. The molecule has 0 unspecified atom stereocenters. The number of amides is 1. The van der Waals surface area contributed by atoms with E-state index < -0.39 is 4.92 Å². The van der Waals surface area contributed by atoms with Gasteiger partial charge in [0.1, 0.15) is 0 Å². The average Bonchev–Trinajstić information content (AvgIpc) is 2.54. The molecule has 0 aliphatic heterocycles. The normalized spacial score (nSPS) is 14.0. The summed E-state index contributed by atoms with van der Waals surface area (Å²) in [6.45, 7) is 2.43. The van der Waals surface area contributed by atoms with Crippen LogP contribution in [-0.2, 0) is 4.79 Å². The predicted molar refractivity (Wildman–Crippen MR) is 90.5 cm³/mol. The summed E-state index contributed by atoms with van der Waals surface area (Å²) < 4.78 is 0. The van der Waals surface area contributed by atoms with Crippen LogP contribution in [0, 0.1) is 17.0 Å². The molecular formula is C17H23N3O3. The van der Waals surface area contributed by atoms with Crippen molar-refractivity contribution in [1.82, 2.24) is 5.32 Å². The highest BCUT2D eigenvalue weighted by Crippen LogP contribution is 2.24. The summed E-state index contributed by atoms with van der Waals surface area (Å²) >= 11 is 0. The van der Waals surface area contributed by atoms with E-state index in [1.807, 2.05) is 0 Å². The number of allylic oxidation sites excluding steroid dienone is 1. The molecule has 6 nitrogen and oxygen atoms in total. The van der Waals surface area contributed by atoms with Gasteiger partial charge in [-0.05, 0) is 45.1 Å². The van der Waals surface area contributed by atoms with E-state index in [-0.39, 0.29) is 18.1 Å². The Hall–Kier alpha value is -2.37. The van der Waals surface area contributed by atoms with Crippen molar-refractivity contribution >= 4 is 17.3 Å². The number of nitro groups is 1. The van der Waals surface area contributed by atoms with Crippen LogP contribution in [0.2, 0.25) is 0 Å². The summed E-state index contributed by atoms with van der Waals surface area (Å²) in [6.07, 6.45) is 7.98. The third kappa shape index (κ3) is 5.09. The minimum absolute atomic E-state index is 0.0552. The second-order valence-electron chi connectivity index (χ2n) is 5.77. The number of anilines is 1. The lowest BCUT2D eigenvalue weighted by molar-refractivity contribution is -0.385. The molecule has 2 N–H and O–H groups in total. The summed E-state index contributed by atoms with van der Waals surface area (Å²) in [7, 11) is 0. The number of rotatable bonds is 7. The molecule has 0 bridgehead atoms. The third-order valence-electron chi connectivity index (χ3n) is 4.09. The maximum atomic E-state index is 11.9. The molecule has 0 saturated carbocycles. The van der Waals surface area contributed by atoms with Gasteiger partial charge in [0.15, 0.2) is 0 Å².